The zero-order chi connectivity index (χ0) is 14.0. The predicted molar refractivity (Wildman–Crippen MR) is 68.2 cm³/mol. The van der Waals surface area contributed by atoms with Gasteiger partial charge in [0, 0.05) is 0 Å². The zero-order valence-electron chi connectivity index (χ0n) is 11.8. The van der Waals surface area contributed by atoms with Crippen LogP contribution in [0.1, 0.15) is 59.8 Å². The maximum absolute atomic E-state index is 11.9. The van der Waals surface area contributed by atoms with Gasteiger partial charge in [-0.25, -0.2) is 0 Å². The van der Waals surface area contributed by atoms with Crippen molar-refractivity contribution in [3.8, 4) is 0 Å². The number of carboxylic acid groups (broad SMARTS) is 1. The first kappa shape index (κ1) is 15.0. The molecule has 1 rings (SSSR count). The number of carboxylic acids is 1. The molecule has 0 heterocycles. The molecule has 0 radical (unpaired) electrons. The summed E-state index contributed by atoms with van der Waals surface area (Å²) in [5, 5.41) is 9.02. The van der Waals surface area contributed by atoms with Crippen LogP contribution in [0.5, 0.6) is 0 Å². The first-order chi connectivity index (χ1) is 8.12. The van der Waals surface area contributed by atoms with Gasteiger partial charge in [0.05, 0.1) is 12.8 Å². The molecule has 0 aromatic heterocycles. The number of ether oxygens (including phenoxy) is 1. The quantitative estimate of drug-likeness (QED) is 0.785. The van der Waals surface area contributed by atoms with Gasteiger partial charge >= 0.3 is 11.9 Å². The Hall–Kier alpha value is -1.06. The van der Waals surface area contributed by atoms with E-state index in [1.807, 2.05) is 20.8 Å². The van der Waals surface area contributed by atoms with Crippen molar-refractivity contribution in [2.45, 2.75) is 65.4 Å². The van der Waals surface area contributed by atoms with Crippen molar-refractivity contribution in [1.82, 2.24) is 0 Å². The highest BCUT2D eigenvalue weighted by atomic mass is 16.6. The van der Waals surface area contributed by atoms with Gasteiger partial charge in [-0.1, -0.05) is 13.3 Å². The highest BCUT2D eigenvalue weighted by molar-refractivity contribution is 5.73. The molecule has 0 aliphatic heterocycles. The number of rotatable bonds is 4. The lowest BCUT2D eigenvalue weighted by Gasteiger charge is -2.28. The third-order valence-electron chi connectivity index (χ3n) is 3.41. The summed E-state index contributed by atoms with van der Waals surface area (Å²) in [5.41, 5.74) is -0.903. The van der Waals surface area contributed by atoms with Crippen LogP contribution in [0.25, 0.3) is 0 Å². The van der Waals surface area contributed by atoms with Crippen LogP contribution in [-0.4, -0.2) is 22.6 Å². The van der Waals surface area contributed by atoms with Gasteiger partial charge in [0.15, 0.2) is 0 Å². The van der Waals surface area contributed by atoms with E-state index in [9.17, 15) is 9.59 Å². The minimum atomic E-state index is -0.826. The molecule has 1 fully saturated rings. The fraction of sp³-hybridized carbons (Fsp3) is 0.857. The van der Waals surface area contributed by atoms with Crippen LogP contribution in [0.3, 0.4) is 0 Å². The Labute approximate surface area is 109 Å². The van der Waals surface area contributed by atoms with Crippen LogP contribution in [0.4, 0.5) is 0 Å². The average Bonchev–Trinajstić information content (AvgIpc) is 2.41. The largest absolute Gasteiger partial charge is 0.481 e. The van der Waals surface area contributed by atoms with E-state index in [0.717, 1.165) is 19.3 Å². The summed E-state index contributed by atoms with van der Waals surface area (Å²) in [6, 6.07) is 0. The molecule has 0 aromatic rings. The number of carbonyl (C=O) groups is 2. The topological polar surface area (TPSA) is 63.6 Å². The molecule has 4 nitrogen and oxygen atoms in total. The Morgan fingerprint density at radius 1 is 1.33 bits per heavy atom. The van der Waals surface area contributed by atoms with Crippen molar-refractivity contribution < 1.29 is 19.4 Å². The molecule has 0 saturated heterocycles. The third-order valence-corrected chi connectivity index (χ3v) is 3.41. The van der Waals surface area contributed by atoms with Crippen molar-refractivity contribution in [1.29, 1.82) is 0 Å². The molecule has 0 spiro atoms. The predicted octanol–water partition coefficient (Wildman–Crippen LogP) is 3.00. The summed E-state index contributed by atoms with van der Waals surface area (Å²) in [6.07, 6.45) is 2.89. The Bertz CT molecular complexity index is 329. The van der Waals surface area contributed by atoms with Gasteiger partial charge in [-0.05, 0) is 44.9 Å². The Morgan fingerprint density at radius 3 is 2.33 bits per heavy atom. The van der Waals surface area contributed by atoms with Crippen molar-refractivity contribution in [3.63, 3.8) is 0 Å². The number of hydrogen-bond acceptors (Lipinski definition) is 3. The number of aliphatic carboxylic acids is 1. The van der Waals surface area contributed by atoms with E-state index >= 15 is 0 Å². The second-order valence-electron chi connectivity index (χ2n) is 6.68. The maximum Gasteiger partial charge on any atom is 0.306 e. The van der Waals surface area contributed by atoms with Gasteiger partial charge in [0.1, 0.15) is 5.60 Å². The highest BCUT2D eigenvalue weighted by Gasteiger charge is 2.41. The molecule has 4 heteroatoms. The molecule has 0 amide bonds. The standard InChI is InChI=1S/C14H24O4/c1-10-5-6-14(7-10,8-11(15)16)9-12(17)18-13(2,3)4/h10H,5-9H2,1-4H3,(H,15,16)/t10-,14+/m1/s1. The van der Waals surface area contributed by atoms with E-state index in [-0.39, 0.29) is 18.8 Å². The van der Waals surface area contributed by atoms with Gasteiger partial charge < -0.3 is 9.84 Å². The minimum Gasteiger partial charge on any atom is -0.481 e. The first-order valence-corrected chi connectivity index (χ1v) is 6.56. The van der Waals surface area contributed by atoms with Crippen LogP contribution in [0, 0.1) is 11.3 Å². The lowest BCUT2D eigenvalue weighted by Crippen LogP contribution is -2.30. The fourth-order valence-electron chi connectivity index (χ4n) is 2.88. The molecule has 0 bridgehead atoms. The summed E-state index contributed by atoms with van der Waals surface area (Å²) < 4.78 is 5.31. The normalized spacial score (nSPS) is 28.1. The van der Waals surface area contributed by atoms with Gasteiger partial charge in [-0.2, -0.15) is 0 Å². The molecule has 2 atom stereocenters. The summed E-state index contributed by atoms with van der Waals surface area (Å²) in [5.74, 6) is -0.614. The maximum atomic E-state index is 11.9. The van der Waals surface area contributed by atoms with Crippen LogP contribution in [0.2, 0.25) is 0 Å². The number of hydrogen-bond donors (Lipinski definition) is 1. The molecule has 0 unspecified atom stereocenters. The molecular formula is C14H24O4. The molecule has 1 aliphatic carbocycles. The van der Waals surface area contributed by atoms with E-state index in [4.69, 9.17) is 9.84 Å². The second-order valence-corrected chi connectivity index (χ2v) is 6.68. The van der Waals surface area contributed by atoms with Crippen LogP contribution in [0.15, 0.2) is 0 Å². The Balaban J connectivity index is 2.68. The summed E-state index contributed by atoms with van der Waals surface area (Å²) in [4.78, 5) is 22.9. The van der Waals surface area contributed by atoms with Gasteiger partial charge in [0.2, 0.25) is 0 Å². The molecular weight excluding hydrogens is 232 g/mol. The summed E-state index contributed by atoms with van der Waals surface area (Å²) in [6.45, 7) is 7.59. The van der Waals surface area contributed by atoms with Gasteiger partial charge in [-0.15, -0.1) is 0 Å². The number of esters is 1. The molecule has 1 saturated carbocycles. The van der Waals surface area contributed by atoms with Crippen LogP contribution >= 0.6 is 0 Å². The Morgan fingerprint density at radius 2 is 1.94 bits per heavy atom. The lowest BCUT2D eigenvalue weighted by atomic mass is 9.79. The molecule has 1 N–H and O–H groups in total. The van der Waals surface area contributed by atoms with Crippen LogP contribution in [-0.2, 0) is 14.3 Å². The van der Waals surface area contributed by atoms with E-state index in [2.05, 4.69) is 6.92 Å². The fourth-order valence-corrected chi connectivity index (χ4v) is 2.88. The van der Waals surface area contributed by atoms with Crippen molar-refractivity contribution in [2.75, 3.05) is 0 Å². The van der Waals surface area contributed by atoms with Crippen LogP contribution < -0.4 is 0 Å². The van der Waals surface area contributed by atoms with Crippen molar-refractivity contribution in [2.24, 2.45) is 11.3 Å². The number of carbonyl (C=O) groups excluding carboxylic acids is 1. The highest BCUT2D eigenvalue weighted by Crippen LogP contribution is 2.47. The van der Waals surface area contributed by atoms with Gasteiger partial charge in [-0.3, -0.25) is 9.59 Å². The second kappa shape index (κ2) is 5.29. The van der Waals surface area contributed by atoms with E-state index in [1.54, 1.807) is 0 Å². The molecule has 104 valence electrons. The summed E-state index contributed by atoms with van der Waals surface area (Å²) >= 11 is 0. The first-order valence-electron chi connectivity index (χ1n) is 6.56. The monoisotopic (exact) mass is 256 g/mol. The van der Waals surface area contributed by atoms with E-state index in [0.29, 0.717) is 5.92 Å². The van der Waals surface area contributed by atoms with E-state index < -0.39 is 17.0 Å². The van der Waals surface area contributed by atoms with Crippen molar-refractivity contribution in [3.05, 3.63) is 0 Å². The smallest absolute Gasteiger partial charge is 0.306 e. The molecule has 0 aromatic carbocycles. The van der Waals surface area contributed by atoms with Gasteiger partial charge in [0.25, 0.3) is 0 Å². The summed E-state index contributed by atoms with van der Waals surface area (Å²) in [7, 11) is 0. The van der Waals surface area contributed by atoms with Crippen molar-refractivity contribution >= 4 is 11.9 Å². The molecule has 18 heavy (non-hydrogen) atoms. The zero-order valence-corrected chi connectivity index (χ0v) is 11.8. The minimum absolute atomic E-state index is 0.0661. The third kappa shape index (κ3) is 4.67. The van der Waals surface area contributed by atoms with E-state index in [1.165, 1.54) is 0 Å². The Kier molecular flexibility index (Phi) is 4.41. The molecule has 1 aliphatic rings. The SMILES string of the molecule is C[C@@H]1CC[C@](CC(=O)O)(CC(=O)OC(C)(C)C)C1. The average molecular weight is 256 g/mol. The lowest BCUT2D eigenvalue weighted by molar-refractivity contribution is -0.158.